The molecule has 0 spiro atoms. The van der Waals surface area contributed by atoms with Crippen molar-refractivity contribution < 1.29 is 4.57 Å². The predicted molar refractivity (Wildman–Crippen MR) is 86.3 cm³/mol. The molecule has 0 bridgehead atoms. The summed E-state index contributed by atoms with van der Waals surface area (Å²) in [6.07, 6.45) is 6.39. The lowest BCUT2D eigenvalue weighted by atomic mass is 10.00. The van der Waals surface area contributed by atoms with Crippen molar-refractivity contribution in [2.75, 3.05) is 0 Å². The van der Waals surface area contributed by atoms with Crippen molar-refractivity contribution in [2.45, 2.75) is 6.92 Å². The van der Waals surface area contributed by atoms with Crippen LogP contribution in [0.2, 0.25) is 0 Å². The van der Waals surface area contributed by atoms with Gasteiger partial charge in [0, 0.05) is 35.6 Å². The first kappa shape index (κ1) is 12.2. The fourth-order valence-electron chi connectivity index (χ4n) is 3.02. The molecule has 2 heteroatoms. The highest BCUT2D eigenvalue weighted by atomic mass is 14.9. The first-order valence-corrected chi connectivity index (χ1v) is 7.18. The summed E-state index contributed by atoms with van der Waals surface area (Å²) in [5, 5.41) is 2.56. The van der Waals surface area contributed by atoms with Gasteiger partial charge in [-0.15, -0.1) is 0 Å². The van der Waals surface area contributed by atoms with Crippen LogP contribution in [0.15, 0.2) is 67.1 Å². The van der Waals surface area contributed by atoms with Gasteiger partial charge in [0.25, 0.3) is 0 Å². The van der Waals surface area contributed by atoms with Gasteiger partial charge in [-0.25, -0.2) is 4.57 Å². The SMILES string of the molecule is Cc1cc2cc3cccn3cc2cc1-c1cccc[n+]1C. The van der Waals surface area contributed by atoms with Gasteiger partial charge in [0.15, 0.2) is 6.20 Å². The normalized spacial score (nSPS) is 11.3. The van der Waals surface area contributed by atoms with Crippen molar-refractivity contribution in [3.05, 3.63) is 72.7 Å². The number of pyridine rings is 2. The van der Waals surface area contributed by atoms with E-state index in [1.54, 1.807) is 0 Å². The van der Waals surface area contributed by atoms with Crippen molar-refractivity contribution in [1.29, 1.82) is 0 Å². The third kappa shape index (κ3) is 1.91. The highest BCUT2D eigenvalue weighted by Crippen LogP contribution is 2.27. The Morgan fingerprint density at radius 2 is 1.86 bits per heavy atom. The second-order valence-electron chi connectivity index (χ2n) is 5.61. The lowest BCUT2D eigenvalue weighted by Gasteiger charge is -2.08. The minimum Gasteiger partial charge on any atom is -0.323 e. The monoisotopic (exact) mass is 273 g/mol. The zero-order valence-corrected chi connectivity index (χ0v) is 12.2. The molecule has 0 aliphatic rings. The van der Waals surface area contributed by atoms with Gasteiger partial charge in [-0.3, -0.25) is 0 Å². The van der Waals surface area contributed by atoms with Crippen molar-refractivity contribution in [2.24, 2.45) is 7.05 Å². The second-order valence-corrected chi connectivity index (χ2v) is 5.61. The third-order valence-electron chi connectivity index (χ3n) is 4.15. The number of nitrogens with zero attached hydrogens (tertiary/aromatic N) is 2. The molecule has 0 unspecified atom stereocenters. The van der Waals surface area contributed by atoms with Crippen molar-refractivity contribution in [3.63, 3.8) is 0 Å². The Labute approximate surface area is 123 Å². The summed E-state index contributed by atoms with van der Waals surface area (Å²) >= 11 is 0. The molecule has 3 aromatic heterocycles. The Hall–Kier alpha value is -2.61. The number of fused-ring (bicyclic) bond motifs is 2. The molecule has 0 radical (unpaired) electrons. The molecule has 4 aromatic rings. The van der Waals surface area contributed by atoms with Gasteiger partial charge in [0.05, 0.1) is 0 Å². The van der Waals surface area contributed by atoms with Crippen molar-refractivity contribution in [3.8, 4) is 11.3 Å². The average Bonchev–Trinajstić information content (AvgIpc) is 2.92. The van der Waals surface area contributed by atoms with E-state index < -0.39 is 0 Å². The van der Waals surface area contributed by atoms with Crippen LogP contribution >= 0.6 is 0 Å². The highest BCUT2D eigenvalue weighted by Gasteiger charge is 2.12. The van der Waals surface area contributed by atoms with E-state index in [4.69, 9.17) is 0 Å². The Bertz CT molecular complexity index is 964. The van der Waals surface area contributed by atoms with Crippen LogP contribution in [0.25, 0.3) is 27.5 Å². The molecular formula is C19H17N2+. The van der Waals surface area contributed by atoms with Crippen LogP contribution in [0.5, 0.6) is 0 Å². The van der Waals surface area contributed by atoms with Gasteiger partial charge in [-0.05, 0) is 53.6 Å². The molecule has 21 heavy (non-hydrogen) atoms. The summed E-state index contributed by atoms with van der Waals surface area (Å²) < 4.78 is 4.34. The molecule has 102 valence electrons. The quantitative estimate of drug-likeness (QED) is 0.465. The maximum Gasteiger partial charge on any atom is 0.212 e. The van der Waals surface area contributed by atoms with Gasteiger partial charge in [0.1, 0.15) is 7.05 Å². The zero-order valence-electron chi connectivity index (χ0n) is 12.2. The molecular weight excluding hydrogens is 256 g/mol. The number of aromatic nitrogens is 2. The van der Waals surface area contributed by atoms with Crippen molar-refractivity contribution >= 4 is 16.3 Å². The molecule has 1 aromatic carbocycles. The maximum atomic E-state index is 2.29. The van der Waals surface area contributed by atoms with E-state index in [0.717, 1.165) is 0 Å². The maximum absolute atomic E-state index is 2.29. The standard InChI is InChI=1S/C19H17N2/c1-14-10-15-11-17-6-5-9-21(17)13-16(15)12-18(14)19-7-3-4-8-20(19)2/h3-13H,1-2H3/q+1. The highest BCUT2D eigenvalue weighted by molar-refractivity contribution is 5.90. The van der Waals surface area contributed by atoms with Crippen LogP contribution < -0.4 is 4.57 Å². The van der Waals surface area contributed by atoms with Crippen LogP contribution in [0, 0.1) is 6.92 Å². The van der Waals surface area contributed by atoms with E-state index in [-0.39, 0.29) is 0 Å². The summed E-state index contributed by atoms with van der Waals surface area (Å²) in [6.45, 7) is 2.18. The Morgan fingerprint density at radius 3 is 2.71 bits per heavy atom. The number of rotatable bonds is 1. The number of benzene rings is 1. The van der Waals surface area contributed by atoms with Gasteiger partial charge in [-0.1, -0.05) is 6.07 Å². The second kappa shape index (κ2) is 4.45. The fourth-order valence-corrected chi connectivity index (χ4v) is 3.02. The molecule has 0 atom stereocenters. The first-order chi connectivity index (χ1) is 10.2. The largest absolute Gasteiger partial charge is 0.323 e. The predicted octanol–water partition coefficient (Wildman–Crippen LogP) is 3.89. The lowest BCUT2D eigenvalue weighted by Crippen LogP contribution is -2.30. The number of hydrogen-bond donors (Lipinski definition) is 0. The molecule has 0 fully saturated rings. The Balaban J connectivity index is 2.04. The van der Waals surface area contributed by atoms with Gasteiger partial charge >= 0.3 is 0 Å². The lowest BCUT2D eigenvalue weighted by molar-refractivity contribution is -0.660. The average molecular weight is 273 g/mol. The van der Waals surface area contributed by atoms with Crippen LogP contribution in [-0.2, 0) is 7.05 Å². The van der Waals surface area contributed by atoms with E-state index in [1.807, 2.05) is 0 Å². The first-order valence-electron chi connectivity index (χ1n) is 7.18. The molecule has 0 aliphatic heterocycles. The van der Waals surface area contributed by atoms with E-state index in [9.17, 15) is 0 Å². The summed E-state index contributed by atoms with van der Waals surface area (Å²) in [5.74, 6) is 0. The minimum absolute atomic E-state index is 1.24. The minimum atomic E-state index is 1.24. The van der Waals surface area contributed by atoms with Crippen molar-refractivity contribution in [1.82, 2.24) is 4.40 Å². The Kier molecular flexibility index (Phi) is 2.58. The molecule has 0 N–H and O–H groups in total. The molecule has 2 nitrogen and oxygen atoms in total. The van der Waals surface area contributed by atoms with E-state index in [1.165, 1.54) is 33.1 Å². The van der Waals surface area contributed by atoms with Crippen LogP contribution in [0.1, 0.15) is 5.56 Å². The molecule has 0 saturated carbocycles. The number of hydrogen-bond acceptors (Lipinski definition) is 0. The molecule has 0 saturated heterocycles. The van der Waals surface area contributed by atoms with E-state index in [0.29, 0.717) is 0 Å². The Morgan fingerprint density at radius 1 is 0.952 bits per heavy atom. The van der Waals surface area contributed by atoms with E-state index in [2.05, 4.69) is 90.1 Å². The molecule has 3 heterocycles. The summed E-state index contributed by atoms with van der Waals surface area (Å²) in [7, 11) is 2.09. The molecule has 0 aliphatic carbocycles. The molecule has 0 amide bonds. The fraction of sp³-hybridized carbons (Fsp3) is 0.105. The molecule has 4 rings (SSSR count). The van der Waals surface area contributed by atoms with Gasteiger partial charge < -0.3 is 4.40 Å². The third-order valence-corrected chi connectivity index (χ3v) is 4.15. The number of aryl methyl sites for hydroxylation is 2. The van der Waals surface area contributed by atoms with Gasteiger partial charge in [-0.2, -0.15) is 0 Å². The van der Waals surface area contributed by atoms with E-state index >= 15 is 0 Å². The summed E-state index contributed by atoms with van der Waals surface area (Å²) in [4.78, 5) is 0. The van der Waals surface area contributed by atoms with Gasteiger partial charge in [0.2, 0.25) is 5.69 Å². The summed E-state index contributed by atoms with van der Waals surface area (Å²) in [6, 6.07) is 17.4. The zero-order chi connectivity index (χ0) is 14.4. The van der Waals surface area contributed by atoms with Crippen LogP contribution in [-0.4, -0.2) is 4.40 Å². The van der Waals surface area contributed by atoms with Crippen LogP contribution in [0.3, 0.4) is 0 Å². The topological polar surface area (TPSA) is 8.29 Å². The summed E-state index contributed by atoms with van der Waals surface area (Å²) in [5.41, 5.74) is 5.07. The van der Waals surface area contributed by atoms with Crippen LogP contribution in [0.4, 0.5) is 0 Å². The smallest absolute Gasteiger partial charge is 0.212 e.